The van der Waals surface area contributed by atoms with E-state index in [1.54, 1.807) is 24.3 Å². The molecule has 1 aliphatic rings. The van der Waals surface area contributed by atoms with Gasteiger partial charge in [0.25, 0.3) is 5.91 Å². The van der Waals surface area contributed by atoms with Crippen LogP contribution >= 0.6 is 0 Å². The second-order valence-electron chi connectivity index (χ2n) is 6.72. The van der Waals surface area contributed by atoms with Gasteiger partial charge < -0.3 is 15.4 Å². The van der Waals surface area contributed by atoms with Crippen molar-refractivity contribution in [2.45, 2.75) is 30.8 Å². The van der Waals surface area contributed by atoms with Gasteiger partial charge in [0, 0.05) is 37.0 Å². The number of amides is 2. The molecule has 1 fully saturated rings. The molecule has 2 amide bonds. The summed E-state index contributed by atoms with van der Waals surface area (Å²) in [4.78, 5) is 23.5. The number of hydrogen-bond acceptors (Lipinski definition) is 5. The third-order valence-electron chi connectivity index (χ3n) is 4.41. The van der Waals surface area contributed by atoms with Gasteiger partial charge in [-0.3, -0.25) is 9.59 Å². The van der Waals surface area contributed by atoms with Gasteiger partial charge in [-0.25, -0.2) is 13.1 Å². The van der Waals surface area contributed by atoms with Crippen LogP contribution in [-0.4, -0.2) is 39.5 Å². The predicted molar refractivity (Wildman–Crippen MR) is 109 cm³/mol. The molecule has 1 heterocycles. The average molecular weight is 417 g/mol. The minimum atomic E-state index is -3.64. The maximum absolute atomic E-state index is 12.4. The fourth-order valence-corrected chi connectivity index (χ4v) is 3.99. The Morgan fingerprint density at radius 1 is 1.00 bits per heavy atom. The highest BCUT2D eigenvalue weighted by Gasteiger charge is 2.20. The molecule has 0 saturated carbocycles. The number of rotatable bonds is 7. The van der Waals surface area contributed by atoms with Crippen LogP contribution in [0, 0.1) is 0 Å². The maximum atomic E-state index is 12.4. The number of hydrogen-bond donors (Lipinski definition) is 3. The molecule has 0 aliphatic carbocycles. The van der Waals surface area contributed by atoms with Crippen LogP contribution in [0.1, 0.15) is 30.1 Å². The van der Waals surface area contributed by atoms with Crippen LogP contribution in [0.15, 0.2) is 53.4 Å². The van der Waals surface area contributed by atoms with Gasteiger partial charge >= 0.3 is 0 Å². The minimum absolute atomic E-state index is 0.0830. The molecule has 3 N–H and O–H groups in total. The largest absolute Gasteiger partial charge is 0.377 e. The minimum Gasteiger partial charge on any atom is -0.377 e. The lowest BCUT2D eigenvalue weighted by atomic mass is 10.2. The summed E-state index contributed by atoms with van der Waals surface area (Å²) in [6, 6.07) is 12.4. The van der Waals surface area contributed by atoms with Gasteiger partial charge in [0.1, 0.15) is 0 Å². The Hall–Kier alpha value is -2.75. The van der Waals surface area contributed by atoms with Crippen molar-refractivity contribution in [1.82, 2.24) is 4.72 Å². The Morgan fingerprint density at radius 3 is 2.21 bits per heavy atom. The first-order chi connectivity index (χ1) is 13.8. The lowest BCUT2D eigenvalue weighted by molar-refractivity contribution is -0.114. The normalized spacial score (nSPS) is 16.4. The average Bonchev–Trinajstić information content (AvgIpc) is 3.21. The van der Waals surface area contributed by atoms with Crippen molar-refractivity contribution in [2.24, 2.45) is 0 Å². The fourth-order valence-electron chi connectivity index (χ4n) is 2.92. The topological polar surface area (TPSA) is 114 Å². The monoisotopic (exact) mass is 417 g/mol. The number of ether oxygens (including phenoxy) is 1. The fraction of sp³-hybridized carbons (Fsp3) is 0.300. The molecule has 0 aromatic heterocycles. The molecule has 154 valence electrons. The molecule has 1 atom stereocenters. The van der Waals surface area contributed by atoms with Crippen LogP contribution in [-0.2, 0) is 19.6 Å². The van der Waals surface area contributed by atoms with Gasteiger partial charge in [-0.1, -0.05) is 0 Å². The van der Waals surface area contributed by atoms with Crippen molar-refractivity contribution in [2.75, 3.05) is 23.8 Å². The summed E-state index contributed by atoms with van der Waals surface area (Å²) in [5, 5.41) is 5.34. The van der Waals surface area contributed by atoms with Gasteiger partial charge in [0.05, 0.1) is 11.0 Å². The van der Waals surface area contributed by atoms with Crippen molar-refractivity contribution < 1.29 is 22.7 Å². The molecule has 29 heavy (non-hydrogen) atoms. The van der Waals surface area contributed by atoms with Crippen molar-refractivity contribution in [3.8, 4) is 0 Å². The highest BCUT2D eigenvalue weighted by Crippen LogP contribution is 2.17. The zero-order chi connectivity index (χ0) is 20.9. The highest BCUT2D eigenvalue weighted by atomic mass is 32.2. The smallest absolute Gasteiger partial charge is 0.255 e. The molecule has 1 saturated heterocycles. The third kappa shape index (κ3) is 5.86. The molecule has 3 rings (SSSR count). The molecule has 2 aromatic carbocycles. The molecule has 9 heteroatoms. The lowest BCUT2D eigenvalue weighted by Gasteiger charge is -2.12. The Balaban J connectivity index is 1.59. The van der Waals surface area contributed by atoms with Crippen molar-refractivity contribution in [1.29, 1.82) is 0 Å². The Morgan fingerprint density at radius 2 is 1.62 bits per heavy atom. The van der Waals surface area contributed by atoms with Gasteiger partial charge in [-0.15, -0.1) is 0 Å². The zero-order valence-corrected chi connectivity index (χ0v) is 16.8. The van der Waals surface area contributed by atoms with E-state index in [0.29, 0.717) is 23.5 Å². The van der Waals surface area contributed by atoms with E-state index >= 15 is 0 Å². The van der Waals surface area contributed by atoms with E-state index in [1.165, 1.54) is 31.2 Å². The van der Waals surface area contributed by atoms with Crippen molar-refractivity contribution >= 4 is 33.2 Å². The Bertz CT molecular complexity index is 966. The first-order valence-electron chi connectivity index (χ1n) is 9.24. The van der Waals surface area contributed by atoms with E-state index < -0.39 is 10.0 Å². The van der Waals surface area contributed by atoms with E-state index in [0.717, 1.165) is 12.8 Å². The number of anilines is 2. The van der Waals surface area contributed by atoms with E-state index in [9.17, 15) is 18.0 Å². The van der Waals surface area contributed by atoms with Gasteiger partial charge in [0.2, 0.25) is 15.9 Å². The summed E-state index contributed by atoms with van der Waals surface area (Å²) in [6.45, 7) is 2.31. The zero-order valence-electron chi connectivity index (χ0n) is 16.0. The Kier molecular flexibility index (Phi) is 6.63. The molecule has 1 aliphatic heterocycles. The summed E-state index contributed by atoms with van der Waals surface area (Å²) in [5.74, 6) is -0.533. The summed E-state index contributed by atoms with van der Waals surface area (Å²) in [5.41, 5.74) is 1.48. The predicted octanol–water partition coefficient (Wildman–Crippen LogP) is 2.35. The molecular weight excluding hydrogens is 394 g/mol. The molecule has 0 radical (unpaired) electrons. The molecule has 2 aromatic rings. The summed E-state index contributed by atoms with van der Waals surface area (Å²) < 4.78 is 32.7. The van der Waals surface area contributed by atoms with Crippen LogP contribution in [0.5, 0.6) is 0 Å². The summed E-state index contributed by atoms with van der Waals surface area (Å²) >= 11 is 0. The van der Waals surface area contributed by atoms with E-state index in [4.69, 9.17) is 4.74 Å². The number of carbonyl (C=O) groups is 2. The standard InChI is InChI=1S/C20H23N3O5S/c1-14(24)22-16-6-4-15(5-7-16)20(25)23-17-8-10-19(11-9-17)29(26,27)21-13-18-3-2-12-28-18/h4-11,18,21H,2-3,12-13H2,1H3,(H,22,24)(H,23,25)/t18-/m1/s1. The number of benzene rings is 2. The summed E-state index contributed by atoms with van der Waals surface area (Å²) in [6.07, 6.45) is 1.70. The van der Waals surface area contributed by atoms with Crippen LogP contribution in [0.25, 0.3) is 0 Å². The van der Waals surface area contributed by atoms with Crippen molar-refractivity contribution in [3.63, 3.8) is 0 Å². The van der Waals surface area contributed by atoms with Gasteiger partial charge in [0.15, 0.2) is 0 Å². The third-order valence-corrected chi connectivity index (χ3v) is 5.85. The molecule has 0 spiro atoms. The van der Waals surface area contributed by atoms with Crippen LogP contribution < -0.4 is 15.4 Å². The van der Waals surface area contributed by atoms with Gasteiger partial charge in [-0.05, 0) is 61.4 Å². The van der Waals surface area contributed by atoms with Crippen molar-refractivity contribution in [3.05, 3.63) is 54.1 Å². The van der Waals surface area contributed by atoms with Crippen LogP contribution in [0.4, 0.5) is 11.4 Å². The van der Waals surface area contributed by atoms with E-state index in [-0.39, 0.29) is 29.4 Å². The molecular formula is C20H23N3O5S. The maximum Gasteiger partial charge on any atom is 0.255 e. The SMILES string of the molecule is CC(=O)Nc1ccc(C(=O)Nc2ccc(S(=O)(=O)NC[C@H]3CCCO3)cc2)cc1. The number of sulfonamides is 1. The van der Waals surface area contributed by atoms with E-state index in [2.05, 4.69) is 15.4 Å². The van der Waals surface area contributed by atoms with Crippen LogP contribution in [0.2, 0.25) is 0 Å². The molecule has 0 bridgehead atoms. The second kappa shape index (κ2) is 9.17. The first kappa shape index (κ1) is 21.0. The number of nitrogens with one attached hydrogen (secondary N) is 3. The highest BCUT2D eigenvalue weighted by molar-refractivity contribution is 7.89. The summed E-state index contributed by atoms with van der Waals surface area (Å²) in [7, 11) is -3.64. The second-order valence-corrected chi connectivity index (χ2v) is 8.49. The lowest BCUT2D eigenvalue weighted by Crippen LogP contribution is -2.31. The van der Waals surface area contributed by atoms with Gasteiger partial charge in [-0.2, -0.15) is 0 Å². The molecule has 8 nitrogen and oxygen atoms in total. The quantitative estimate of drug-likeness (QED) is 0.640. The first-order valence-corrected chi connectivity index (χ1v) is 10.7. The number of carbonyl (C=O) groups excluding carboxylic acids is 2. The Labute approximate surface area is 169 Å². The molecule has 0 unspecified atom stereocenters. The van der Waals surface area contributed by atoms with Crippen LogP contribution in [0.3, 0.4) is 0 Å². The van der Waals surface area contributed by atoms with E-state index in [1.807, 2.05) is 0 Å².